The van der Waals surface area contributed by atoms with Gasteiger partial charge in [0.25, 0.3) is 0 Å². The fraction of sp³-hybridized carbons (Fsp3) is 0.647. The van der Waals surface area contributed by atoms with Gasteiger partial charge in [-0.15, -0.1) is 0 Å². The molecule has 1 aromatic rings. The molecule has 0 amide bonds. The van der Waals surface area contributed by atoms with Gasteiger partial charge in [0.1, 0.15) is 5.82 Å². The largest absolute Gasteiger partial charge is 0.313 e. The Balaban J connectivity index is 1.74. The van der Waals surface area contributed by atoms with Gasteiger partial charge in [0.2, 0.25) is 0 Å². The Morgan fingerprint density at radius 1 is 1.33 bits per heavy atom. The molecular weight excluding hydrogens is 331 g/mol. The minimum atomic E-state index is -0.0918. The molecule has 21 heavy (non-hydrogen) atoms. The molecule has 1 heterocycles. The molecule has 1 N–H and O–H groups in total. The van der Waals surface area contributed by atoms with Gasteiger partial charge in [-0.25, -0.2) is 4.39 Å². The summed E-state index contributed by atoms with van der Waals surface area (Å²) in [4.78, 5) is 2.48. The summed E-state index contributed by atoms with van der Waals surface area (Å²) in [6.07, 6.45) is 5.18. The van der Waals surface area contributed by atoms with E-state index in [1.165, 1.54) is 25.7 Å². The van der Waals surface area contributed by atoms with E-state index in [9.17, 15) is 4.39 Å². The molecule has 1 saturated heterocycles. The Morgan fingerprint density at radius 3 is 2.81 bits per heavy atom. The first-order chi connectivity index (χ1) is 10.1. The van der Waals surface area contributed by atoms with Gasteiger partial charge in [-0.3, -0.25) is 4.90 Å². The molecule has 2 atom stereocenters. The highest BCUT2D eigenvalue weighted by molar-refractivity contribution is 9.10. The molecule has 1 aliphatic heterocycles. The van der Waals surface area contributed by atoms with Crippen molar-refractivity contribution in [3.63, 3.8) is 0 Å². The first-order valence-electron chi connectivity index (χ1n) is 8.06. The van der Waals surface area contributed by atoms with E-state index in [0.29, 0.717) is 6.04 Å². The summed E-state index contributed by atoms with van der Waals surface area (Å²) in [6, 6.07) is 5.97. The Bertz CT molecular complexity index is 484. The zero-order chi connectivity index (χ0) is 14.8. The van der Waals surface area contributed by atoms with Crippen molar-refractivity contribution < 1.29 is 4.39 Å². The third-order valence-corrected chi connectivity index (χ3v) is 5.26. The summed E-state index contributed by atoms with van der Waals surface area (Å²) in [7, 11) is 0. The van der Waals surface area contributed by atoms with Crippen LogP contribution in [-0.2, 0) is 0 Å². The third-order valence-electron chi connectivity index (χ3n) is 4.76. The average Bonchev–Trinajstić information content (AvgIpc) is 3.13. The molecular formula is C17H24BrFN2. The summed E-state index contributed by atoms with van der Waals surface area (Å²) >= 11 is 3.47. The summed E-state index contributed by atoms with van der Waals surface area (Å²) in [5.74, 6) is 0.731. The van der Waals surface area contributed by atoms with Crippen LogP contribution >= 0.6 is 15.9 Å². The molecule has 2 unspecified atom stereocenters. The molecule has 2 aliphatic rings. The van der Waals surface area contributed by atoms with Gasteiger partial charge < -0.3 is 5.32 Å². The topological polar surface area (TPSA) is 15.3 Å². The number of benzene rings is 1. The molecule has 1 aliphatic carbocycles. The maximum absolute atomic E-state index is 14.2. The van der Waals surface area contributed by atoms with Gasteiger partial charge in [0.15, 0.2) is 0 Å². The molecule has 2 nitrogen and oxygen atoms in total. The predicted octanol–water partition coefficient (Wildman–Crippen LogP) is 4.11. The van der Waals surface area contributed by atoms with E-state index in [0.717, 1.165) is 35.6 Å². The van der Waals surface area contributed by atoms with Crippen LogP contribution in [0, 0.1) is 11.7 Å². The van der Waals surface area contributed by atoms with E-state index in [-0.39, 0.29) is 11.9 Å². The first kappa shape index (κ1) is 15.4. The maximum atomic E-state index is 14.2. The SMILES string of the molecule is CC(c1cc(Br)ccc1F)N(CC1CC1)CC1CCCN1. The molecule has 3 rings (SSSR count). The lowest BCUT2D eigenvalue weighted by Crippen LogP contribution is -2.40. The zero-order valence-corrected chi connectivity index (χ0v) is 14.2. The fourth-order valence-electron chi connectivity index (χ4n) is 3.25. The van der Waals surface area contributed by atoms with E-state index in [1.807, 2.05) is 6.07 Å². The van der Waals surface area contributed by atoms with Crippen molar-refractivity contribution in [1.29, 1.82) is 0 Å². The second-order valence-electron chi connectivity index (χ2n) is 6.53. The molecule has 0 radical (unpaired) electrons. The van der Waals surface area contributed by atoms with Crippen LogP contribution in [0.15, 0.2) is 22.7 Å². The quantitative estimate of drug-likeness (QED) is 0.826. The summed E-state index contributed by atoms with van der Waals surface area (Å²) < 4.78 is 15.1. The number of rotatable bonds is 6. The van der Waals surface area contributed by atoms with Gasteiger partial charge >= 0.3 is 0 Å². The molecule has 4 heteroatoms. The van der Waals surface area contributed by atoms with Crippen LogP contribution in [-0.4, -0.2) is 30.6 Å². The van der Waals surface area contributed by atoms with Crippen LogP contribution < -0.4 is 5.32 Å². The molecule has 1 aromatic carbocycles. The molecule has 0 aromatic heterocycles. The van der Waals surface area contributed by atoms with Gasteiger partial charge in [-0.05, 0) is 63.3 Å². The van der Waals surface area contributed by atoms with Crippen LogP contribution in [0.2, 0.25) is 0 Å². The predicted molar refractivity (Wildman–Crippen MR) is 87.8 cm³/mol. The smallest absolute Gasteiger partial charge is 0.128 e. The van der Waals surface area contributed by atoms with Crippen molar-refractivity contribution in [3.05, 3.63) is 34.1 Å². The Kier molecular flexibility index (Phi) is 4.97. The number of halogens is 2. The second kappa shape index (κ2) is 6.76. The van der Waals surface area contributed by atoms with Crippen LogP contribution in [0.5, 0.6) is 0 Å². The van der Waals surface area contributed by atoms with Crippen LogP contribution in [0.4, 0.5) is 4.39 Å². The normalized spacial score (nSPS) is 23.7. The number of hydrogen-bond acceptors (Lipinski definition) is 2. The highest BCUT2D eigenvalue weighted by Gasteiger charge is 2.30. The number of nitrogens with zero attached hydrogens (tertiary/aromatic N) is 1. The Labute approximate surface area is 135 Å². The third kappa shape index (κ3) is 4.05. The van der Waals surface area contributed by atoms with E-state index < -0.39 is 0 Å². The molecule has 116 valence electrons. The summed E-state index contributed by atoms with van der Waals surface area (Å²) in [6.45, 7) is 5.40. The van der Waals surface area contributed by atoms with Crippen molar-refractivity contribution in [2.45, 2.75) is 44.7 Å². The minimum absolute atomic E-state index is 0.0918. The minimum Gasteiger partial charge on any atom is -0.313 e. The second-order valence-corrected chi connectivity index (χ2v) is 7.45. The van der Waals surface area contributed by atoms with Crippen LogP contribution in [0.3, 0.4) is 0 Å². The number of nitrogens with one attached hydrogen (secondary N) is 1. The molecule has 1 saturated carbocycles. The van der Waals surface area contributed by atoms with Gasteiger partial charge in [0, 0.05) is 35.2 Å². The van der Waals surface area contributed by atoms with Crippen molar-refractivity contribution in [3.8, 4) is 0 Å². The molecule has 0 spiro atoms. The maximum Gasteiger partial charge on any atom is 0.128 e. The number of hydrogen-bond donors (Lipinski definition) is 1. The Hall–Kier alpha value is -0.450. The van der Waals surface area contributed by atoms with Gasteiger partial charge in [0.05, 0.1) is 0 Å². The lowest BCUT2D eigenvalue weighted by molar-refractivity contribution is 0.181. The van der Waals surface area contributed by atoms with E-state index >= 15 is 0 Å². The van der Waals surface area contributed by atoms with Crippen LogP contribution in [0.25, 0.3) is 0 Å². The lowest BCUT2D eigenvalue weighted by atomic mass is 10.0. The van der Waals surface area contributed by atoms with E-state index in [1.54, 1.807) is 12.1 Å². The fourth-order valence-corrected chi connectivity index (χ4v) is 3.63. The average molecular weight is 355 g/mol. The molecule has 0 bridgehead atoms. The molecule has 2 fully saturated rings. The van der Waals surface area contributed by atoms with E-state index in [4.69, 9.17) is 0 Å². The van der Waals surface area contributed by atoms with Crippen molar-refractivity contribution in [1.82, 2.24) is 10.2 Å². The van der Waals surface area contributed by atoms with Crippen LogP contribution in [0.1, 0.15) is 44.2 Å². The monoisotopic (exact) mass is 354 g/mol. The first-order valence-corrected chi connectivity index (χ1v) is 8.85. The van der Waals surface area contributed by atoms with Crippen molar-refractivity contribution >= 4 is 15.9 Å². The van der Waals surface area contributed by atoms with Gasteiger partial charge in [-0.2, -0.15) is 0 Å². The highest BCUT2D eigenvalue weighted by Crippen LogP contribution is 2.34. The van der Waals surface area contributed by atoms with Crippen molar-refractivity contribution in [2.24, 2.45) is 5.92 Å². The zero-order valence-electron chi connectivity index (χ0n) is 12.6. The van der Waals surface area contributed by atoms with E-state index in [2.05, 4.69) is 33.1 Å². The summed E-state index contributed by atoms with van der Waals surface area (Å²) in [5, 5.41) is 3.57. The summed E-state index contributed by atoms with van der Waals surface area (Å²) in [5.41, 5.74) is 0.808. The Morgan fingerprint density at radius 2 is 2.14 bits per heavy atom. The standard InChI is InChI=1S/C17H24BrFN2/c1-12(16-9-14(18)6-7-17(16)19)21(10-13-4-5-13)11-15-3-2-8-20-15/h6-7,9,12-13,15,20H,2-5,8,10-11H2,1H3. The van der Waals surface area contributed by atoms with Gasteiger partial charge in [-0.1, -0.05) is 15.9 Å². The van der Waals surface area contributed by atoms with Crippen molar-refractivity contribution in [2.75, 3.05) is 19.6 Å². The lowest BCUT2D eigenvalue weighted by Gasteiger charge is -2.32. The highest BCUT2D eigenvalue weighted by atomic mass is 79.9.